The minimum absolute atomic E-state index is 0.00609. The summed E-state index contributed by atoms with van der Waals surface area (Å²) < 4.78 is 45.1. The number of β-amino-alcohol motifs (C(OH)–C–C–N with tert-alkyl or cyclic N) is 1. The molecule has 80 heavy (non-hydrogen) atoms. The van der Waals surface area contributed by atoms with E-state index in [4.69, 9.17) is 36.8 Å². The highest BCUT2D eigenvalue weighted by Gasteiger charge is 2.45. The Labute approximate surface area is 477 Å². The van der Waals surface area contributed by atoms with Gasteiger partial charge in [-0.3, -0.25) is 19.3 Å². The van der Waals surface area contributed by atoms with E-state index in [9.17, 15) is 24.8 Å². The Hall–Kier alpha value is -6.12. The number of aromatic nitrogens is 3. The Morgan fingerprint density at radius 1 is 1.07 bits per heavy atom. The predicted molar refractivity (Wildman–Crippen MR) is 308 cm³/mol. The van der Waals surface area contributed by atoms with Crippen LogP contribution in [0.15, 0.2) is 48.0 Å². The van der Waals surface area contributed by atoms with Crippen molar-refractivity contribution in [3.63, 3.8) is 0 Å². The van der Waals surface area contributed by atoms with Crippen molar-refractivity contribution < 1.29 is 37.7 Å². The van der Waals surface area contributed by atoms with E-state index in [0.29, 0.717) is 43.9 Å². The van der Waals surface area contributed by atoms with Gasteiger partial charge in [0, 0.05) is 74.0 Å². The van der Waals surface area contributed by atoms with E-state index in [0.717, 1.165) is 65.3 Å². The molecule has 7 heterocycles. The number of likely N-dealkylation sites (tertiary alicyclic amines) is 2. The van der Waals surface area contributed by atoms with Crippen LogP contribution >= 0.6 is 34.3 Å². The second kappa shape index (κ2) is 23.4. The molecule has 0 saturated carbocycles. The van der Waals surface area contributed by atoms with Gasteiger partial charge >= 0.3 is 6.01 Å². The predicted octanol–water partition coefficient (Wildman–Crippen LogP) is 8.67. The summed E-state index contributed by atoms with van der Waals surface area (Å²) in [4.78, 5) is 62.4. The lowest BCUT2D eigenvalue weighted by Crippen LogP contribution is -2.58. The van der Waals surface area contributed by atoms with Gasteiger partial charge in [-0.05, 0) is 93.7 Å². The molecular formula is C58H68ClF2N11O6S2. The van der Waals surface area contributed by atoms with Gasteiger partial charge in [-0.1, -0.05) is 62.7 Å². The molecular weight excluding hydrogens is 1080 g/mol. The Morgan fingerprint density at radius 2 is 1.82 bits per heavy atom. The maximum atomic E-state index is 17.3. The van der Waals surface area contributed by atoms with E-state index in [1.807, 2.05) is 64.4 Å². The van der Waals surface area contributed by atoms with Crippen molar-refractivity contribution in [1.29, 1.82) is 5.26 Å². The van der Waals surface area contributed by atoms with Crippen molar-refractivity contribution in [3.05, 3.63) is 81.5 Å². The lowest BCUT2D eigenvalue weighted by atomic mass is 9.85. The van der Waals surface area contributed by atoms with Crippen molar-refractivity contribution in [2.45, 2.75) is 128 Å². The first-order valence-electron chi connectivity index (χ1n) is 27.4. The topological polar surface area (TPSA) is 224 Å². The van der Waals surface area contributed by atoms with Gasteiger partial charge in [0.2, 0.25) is 17.7 Å². The number of nitrogens with zero attached hydrogens (tertiary/aromatic N) is 7. The molecule has 3 aromatic heterocycles. The van der Waals surface area contributed by atoms with Crippen LogP contribution in [0.25, 0.3) is 42.6 Å². The molecule has 2 bridgehead atoms. The van der Waals surface area contributed by atoms with Gasteiger partial charge in [-0.15, -0.1) is 22.7 Å². The maximum Gasteiger partial charge on any atom is 0.319 e. The average Bonchev–Trinajstić information content (AvgIpc) is 4.30. The van der Waals surface area contributed by atoms with Gasteiger partial charge in [0.05, 0.1) is 55.7 Å². The zero-order chi connectivity index (χ0) is 56.8. The molecule has 3 aromatic carbocycles. The van der Waals surface area contributed by atoms with Crippen LogP contribution in [0.4, 0.5) is 19.6 Å². The number of rotatable bonds is 18. The largest absolute Gasteiger partial charge is 0.461 e. The molecule has 0 spiro atoms. The summed E-state index contributed by atoms with van der Waals surface area (Å²) >= 11 is 9.45. The van der Waals surface area contributed by atoms with Gasteiger partial charge in [0.1, 0.15) is 46.9 Å². The van der Waals surface area contributed by atoms with Crippen LogP contribution in [0, 0.1) is 35.3 Å². The van der Waals surface area contributed by atoms with Crippen LogP contribution in [-0.2, 0) is 19.1 Å². The number of benzene rings is 3. The van der Waals surface area contributed by atoms with Crippen LogP contribution < -0.4 is 31.3 Å². The number of fused-ring (bicyclic) bond motifs is 4. The van der Waals surface area contributed by atoms with Gasteiger partial charge in [-0.25, -0.2) is 13.8 Å². The zero-order valence-corrected chi connectivity index (χ0v) is 48.2. The fraction of sp³-hybridized carbons (Fsp3) is 0.500. The molecule has 7 atom stereocenters. The molecule has 4 aliphatic rings. The van der Waals surface area contributed by atoms with Crippen LogP contribution in [0.5, 0.6) is 6.01 Å². The van der Waals surface area contributed by atoms with E-state index in [1.165, 1.54) is 17.0 Å². The minimum Gasteiger partial charge on any atom is -0.461 e. The molecule has 424 valence electrons. The third-order valence-electron chi connectivity index (χ3n) is 16.2. The number of ether oxygens (including phenoxy) is 2. The number of hydrogen-bond acceptors (Lipinski definition) is 16. The molecule has 6 N–H and O–H groups in total. The van der Waals surface area contributed by atoms with E-state index in [1.54, 1.807) is 17.4 Å². The quantitative estimate of drug-likeness (QED) is 0.0508. The molecule has 0 radical (unpaired) electrons. The number of halogens is 3. The number of thiazole rings is 1. The number of nitrogens with one attached hydrogen (secondary N) is 3. The van der Waals surface area contributed by atoms with Gasteiger partial charge in [-0.2, -0.15) is 15.2 Å². The molecule has 3 amide bonds. The third kappa shape index (κ3) is 11.7. The summed E-state index contributed by atoms with van der Waals surface area (Å²) in [6.07, 6.45) is 3.62. The normalized spacial score (nSPS) is 22.0. The van der Waals surface area contributed by atoms with E-state index >= 15 is 8.78 Å². The first kappa shape index (κ1) is 57.1. The number of nitrogens with two attached hydrogens (primary N) is 1. The van der Waals surface area contributed by atoms with E-state index in [2.05, 4.69) is 43.7 Å². The summed E-state index contributed by atoms with van der Waals surface area (Å²) in [5.74, 6) is -2.01. The molecule has 0 aliphatic carbocycles. The SMILES string of the molecule is Cc1ncsc1-c1ccc([C@H](C)NC(=O)[C@@H]2C[C@@H](O)CN2C(=O)[C@@H](NC(=O)CCOCCCN2CCC[C@@]2(C)COc2nc(N3CC4CCC(C3)N4)c3cc(Cl)c(-c4ccc(F)c5sc(N)c(C#N)c45)c(F)c3n2)C(C)(C)C)cc1. The Kier molecular flexibility index (Phi) is 16.7. The summed E-state index contributed by atoms with van der Waals surface area (Å²) in [7, 11) is 0. The molecule has 4 saturated heterocycles. The number of nitriles is 1. The minimum atomic E-state index is -0.970. The average molecular weight is 1150 g/mol. The Balaban J connectivity index is 0.748. The molecule has 6 aromatic rings. The highest BCUT2D eigenvalue weighted by atomic mass is 35.5. The maximum absolute atomic E-state index is 17.3. The number of anilines is 2. The molecule has 22 heteroatoms. The number of carbonyl (C=O) groups is 3. The number of hydrogen-bond donors (Lipinski definition) is 5. The lowest BCUT2D eigenvalue weighted by molar-refractivity contribution is -0.144. The highest BCUT2D eigenvalue weighted by molar-refractivity contribution is 7.23. The van der Waals surface area contributed by atoms with Crippen LogP contribution in [0.1, 0.15) is 102 Å². The highest BCUT2D eigenvalue weighted by Crippen LogP contribution is 2.46. The molecule has 17 nitrogen and oxygen atoms in total. The number of aliphatic hydroxyl groups is 1. The molecule has 10 rings (SSSR count). The van der Waals surface area contributed by atoms with Crippen molar-refractivity contribution in [2.24, 2.45) is 5.41 Å². The zero-order valence-electron chi connectivity index (χ0n) is 45.8. The number of piperazine rings is 1. The van der Waals surface area contributed by atoms with Crippen LogP contribution in [0.3, 0.4) is 0 Å². The van der Waals surface area contributed by atoms with Crippen molar-refractivity contribution in [2.75, 3.05) is 63.2 Å². The molecule has 2 unspecified atom stereocenters. The monoisotopic (exact) mass is 1150 g/mol. The number of thiophene rings is 1. The lowest BCUT2D eigenvalue weighted by Gasteiger charge is -2.36. The number of nitrogen functional groups attached to an aromatic ring is 1. The summed E-state index contributed by atoms with van der Waals surface area (Å²) in [6.45, 7) is 15.0. The fourth-order valence-corrected chi connectivity index (χ4v) is 14.0. The number of amides is 3. The van der Waals surface area contributed by atoms with Crippen molar-refractivity contribution in [3.8, 4) is 33.6 Å². The second-order valence-corrected chi connectivity index (χ2v) is 25.4. The Bertz CT molecular complexity index is 3360. The van der Waals surface area contributed by atoms with E-state index in [-0.39, 0.29) is 111 Å². The standard InChI is InChI=1S/C58H68ClF2N11O6S2/c1-31(33-9-11-34(12-10-33)49-32(2)64-30-79-49)65-54(75)43-23-37(73)28-72(43)55(76)51(57(3,4)5)67-44(74)17-22-77-21-8-20-71-19-7-18-58(71,6)29-78-56-68-48-39(53(69-56)70-26-35-13-14-36(27-70)66-35)24-41(59)46(47(48)61)38-15-16-42(60)50-45(38)40(25-62)52(63)80-50/h9-12,15-16,24,30-31,35-37,43,51,66,73H,7-8,13-14,17-23,26-29,63H2,1-6H3,(H,65,75)(H,67,74)/t31-,35?,36?,37+,43-,51+,58-/m0/s1. The van der Waals surface area contributed by atoms with Gasteiger partial charge in [0.15, 0.2) is 5.82 Å². The van der Waals surface area contributed by atoms with Crippen molar-refractivity contribution in [1.82, 2.24) is 40.7 Å². The first-order valence-corrected chi connectivity index (χ1v) is 29.4. The third-order valence-corrected chi connectivity index (χ3v) is 18.5. The molecule has 4 aliphatic heterocycles. The number of carbonyl (C=O) groups excluding carboxylic acids is 3. The van der Waals surface area contributed by atoms with Gasteiger partial charge in [0.25, 0.3) is 0 Å². The van der Waals surface area contributed by atoms with Crippen molar-refractivity contribution >= 4 is 83.8 Å². The summed E-state index contributed by atoms with van der Waals surface area (Å²) in [5, 5.41) is 31.1. The fourth-order valence-electron chi connectivity index (χ4n) is 11.9. The Morgan fingerprint density at radius 3 is 2.52 bits per heavy atom. The first-order chi connectivity index (χ1) is 38.2. The smallest absolute Gasteiger partial charge is 0.319 e. The number of aryl methyl sites for hydroxylation is 1. The van der Waals surface area contributed by atoms with Crippen LogP contribution in [-0.4, -0.2) is 136 Å². The second-order valence-electron chi connectivity index (χ2n) is 23.0. The number of aliphatic hydroxyl groups excluding tert-OH is 1. The van der Waals surface area contributed by atoms with Gasteiger partial charge < -0.3 is 46.1 Å². The van der Waals surface area contributed by atoms with Crippen LogP contribution in [0.2, 0.25) is 5.02 Å². The summed E-state index contributed by atoms with van der Waals surface area (Å²) in [5.41, 5.74) is 9.94. The molecule has 4 fully saturated rings. The summed E-state index contributed by atoms with van der Waals surface area (Å²) in [6, 6.07) is 12.5. The van der Waals surface area contributed by atoms with E-state index < -0.39 is 46.7 Å².